The molecule has 0 aliphatic carbocycles. The minimum atomic E-state index is 0.0315. The van der Waals surface area contributed by atoms with Gasteiger partial charge in [0.2, 0.25) is 5.91 Å². The maximum absolute atomic E-state index is 12.3. The number of ether oxygens (including phenoxy) is 1. The normalized spacial score (nSPS) is 15.2. The maximum Gasteiger partial charge on any atom is 0.238 e. The zero-order chi connectivity index (χ0) is 20.1. The second-order valence-corrected chi connectivity index (χ2v) is 8.12. The summed E-state index contributed by atoms with van der Waals surface area (Å²) in [4.78, 5) is 14.5. The van der Waals surface area contributed by atoms with Gasteiger partial charge in [0.25, 0.3) is 0 Å². The van der Waals surface area contributed by atoms with Crippen LogP contribution in [-0.4, -0.2) is 47.7 Å². The first-order valence-corrected chi connectivity index (χ1v) is 10.6. The SMILES string of the molecule is COc1ccccc1-c1nnc(C2CCN(CC(=O)Nc3ccccc3)CC2)s1. The Hall–Kier alpha value is -2.77. The van der Waals surface area contributed by atoms with E-state index in [4.69, 9.17) is 4.74 Å². The molecular weight excluding hydrogens is 384 g/mol. The summed E-state index contributed by atoms with van der Waals surface area (Å²) in [6, 6.07) is 17.5. The largest absolute Gasteiger partial charge is 0.496 e. The minimum absolute atomic E-state index is 0.0315. The Kier molecular flexibility index (Phi) is 6.17. The first kappa shape index (κ1) is 19.5. The molecular formula is C22H24N4O2S. The second kappa shape index (κ2) is 9.15. The lowest BCUT2D eigenvalue weighted by atomic mass is 9.98. The Bertz CT molecular complexity index is 952. The molecule has 3 aromatic rings. The number of carbonyl (C=O) groups is 1. The number of anilines is 1. The van der Waals surface area contributed by atoms with Crippen LogP contribution in [0.5, 0.6) is 5.75 Å². The summed E-state index contributed by atoms with van der Waals surface area (Å²) in [7, 11) is 1.67. The molecule has 1 aromatic heterocycles. The van der Waals surface area contributed by atoms with Gasteiger partial charge >= 0.3 is 0 Å². The molecule has 2 aromatic carbocycles. The number of para-hydroxylation sites is 2. The fraction of sp³-hybridized carbons (Fsp3) is 0.318. The van der Waals surface area contributed by atoms with Crippen LogP contribution in [0.25, 0.3) is 10.6 Å². The van der Waals surface area contributed by atoms with Gasteiger partial charge in [-0.3, -0.25) is 9.69 Å². The van der Waals surface area contributed by atoms with E-state index in [2.05, 4.69) is 20.4 Å². The van der Waals surface area contributed by atoms with Crippen molar-refractivity contribution in [3.63, 3.8) is 0 Å². The first-order chi connectivity index (χ1) is 14.2. The molecule has 7 heteroatoms. The molecule has 0 spiro atoms. The second-order valence-electron chi connectivity index (χ2n) is 7.11. The van der Waals surface area contributed by atoms with Crippen LogP contribution in [-0.2, 0) is 4.79 Å². The Labute approximate surface area is 174 Å². The van der Waals surface area contributed by atoms with Crippen molar-refractivity contribution in [3.8, 4) is 16.3 Å². The number of likely N-dealkylation sites (tertiary alicyclic amines) is 1. The van der Waals surface area contributed by atoms with E-state index in [1.54, 1.807) is 18.4 Å². The molecule has 1 N–H and O–H groups in total. The zero-order valence-corrected chi connectivity index (χ0v) is 17.2. The van der Waals surface area contributed by atoms with Gasteiger partial charge in [-0.05, 0) is 50.2 Å². The number of rotatable bonds is 6. The van der Waals surface area contributed by atoms with Crippen molar-refractivity contribution in [3.05, 3.63) is 59.6 Å². The molecule has 0 radical (unpaired) electrons. The molecule has 0 atom stereocenters. The van der Waals surface area contributed by atoms with E-state index in [0.29, 0.717) is 12.5 Å². The van der Waals surface area contributed by atoms with E-state index >= 15 is 0 Å². The van der Waals surface area contributed by atoms with E-state index in [-0.39, 0.29) is 5.91 Å². The molecule has 0 unspecified atom stereocenters. The third-order valence-electron chi connectivity index (χ3n) is 5.14. The van der Waals surface area contributed by atoms with Gasteiger partial charge < -0.3 is 10.1 Å². The summed E-state index contributed by atoms with van der Waals surface area (Å²) in [5, 5.41) is 13.8. The van der Waals surface area contributed by atoms with Gasteiger partial charge in [-0.1, -0.05) is 41.7 Å². The molecule has 1 aliphatic heterocycles. The maximum atomic E-state index is 12.3. The number of nitrogens with zero attached hydrogens (tertiary/aromatic N) is 3. The third-order valence-corrected chi connectivity index (χ3v) is 6.26. The zero-order valence-electron chi connectivity index (χ0n) is 16.4. The van der Waals surface area contributed by atoms with Crippen LogP contribution < -0.4 is 10.1 Å². The summed E-state index contributed by atoms with van der Waals surface area (Å²) in [6.45, 7) is 2.19. The van der Waals surface area contributed by atoms with Crippen molar-refractivity contribution in [2.45, 2.75) is 18.8 Å². The van der Waals surface area contributed by atoms with Crippen molar-refractivity contribution >= 4 is 22.9 Å². The molecule has 6 nitrogen and oxygen atoms in total. The summed E-state index contributed by atoms with van der Waals surface area (Å²) < 4.78 is 5.44. The van der Waals surface area contributed by atoms with Crippen molar-refractivity contribution in [1.82, 2.24) is 15.1 Å². The van der Waals surface area contributed by atoms with Crippen LogP contribution in [0.3, 0.4) is 0 Å². The third kappa shape index (κ3) is 4.81. The van der Waals surface area contributed by atoms with Crippen molar-refractivity contribution < 1.29 is 9.53 Å². The van der Waals surface area contributed by atoms with Crippen LogP contribution in [0.15, 0.2) is 54.6 Å². The highest BCUT2D eigenvalue weighted by atomic mass is 32.1. The number of nitrogens with one attached hydrogen (secondary N) is 1. The number of benzene rings is 2. The van der Waals surface area contributed by atoms with E-state index in [0.717, 1.165) is 52.9 Å². The smallest absolute Gasteiger partial charge is 0.238 e. The van der Waals surface area contributed by atoms with Gasteiger partial charge in [0.05, 0.1) is 19.2 Å². The fourth-order valence-corrected chi connectivity index (χ4v) is 4.64. The number of aromatic nitrogens is 2. The van der Waals surface area contributed by atoms with E-state index in [1.807, 2.05) is 54.6 Å². The molecule has 1 saturated heterocycles. The van der Waals surface area contributed by atoms with Gasteiger partial charge in [0, 0.05) is 11.6 Å². The molecule has 1 fully saturated rings. The monoisotopic (exact) mass is 408 g/mol. The Balaban J connectivity index is 1.32. The summed E-state index contributed by atoms with van der Waals surface area (Å²) in [6.07, 6.45) is 1.97. The Morgan fingerprint density at radius 2 is 1.83 bits per heavy atom. The molecule has 2 heterocycles. The highest BCUT2D eigenvalue weighted by molar-refractivity contribution is 7.14. The van der Waals surface area contributed by atoms with Gasteiger partial charge in [-0.2, -0.15) is 0 Å². The molecule has 0 bridgehead atoms. The predicted octanol–water partition coefficient (Wildman–Crippen LogP) is 4.03. The molecule has 29 heavy (non-hydrogen) atoms. The van der Waals surface area contributed by atoms with E-state index < -0.39 is 0 Å². The molecule has 4 rings (SSSR count). The van der Waals surface area contributed by atoms with Crippen LogP contribution in [0.4, 0.5) is 5.69 Å². The number of hydrogen-bond donors (Lipinski definition) is 1. The average molecular weight is 409 g/mol. The molecule has 1 amide bonds. The van der Waals surface area contributed by atoms with Gasteiger partial charge in [-0.25, -0.2) is 0 Å². The fourth-order valence-electron chi connectivity index (χ4n) is 3.59. The lowest BCUT2D eigenvalue weighted by molar-refractivity contribution is -0.117. The quantitative estimate of drug-likeness (QED) is 0.667. The number of piperidine rings is 1. The standard InChI is InChI=1S/C22H24N4O2S/c1-28-19-10-6-5-9-18(19)22-25-24-21(29-22)16-11-13-26(14-12-16)15-20(27)23-17-7-3-2-4-8-17/h2-10,16H,11-15H2,1H3,(H,23,27). The van der Waals surface area contributed by atoms with Crippen LogP contribution in [0.1, 0.15) is 23.8 Å². The van der Waals surface area contributed by atoms with E-state index in [9.17, 15) is 4.79 Å². The molecule has 150 valence electrons. The van der Waals surface area contributed by atoms with Crippen molar-refractivity contribution in [1.29, 1.82) is 0 Å². The van der Waals surface area contributed by atoms with Gasteiger partial charge in [0.1, 0.15) is 10.8 Å². The van der Waals surface area contributed by atoms with Crippen LogP contribution >= 0.6 is 11.3 Å². The highest BCUT2D eigenvalue weighted by Gasteiger charge is 2.25. The average Bonchev–Trinajstić information content (AvgIpc) is 3.25. The van der Waals surface area contributed by atoms with Gasteiger partial charge in [0.15, 0.2) is 5.01 Å². The van der Waals surface area contributed by atoms with E-state index in [1.165, 1.54) is 0 Å². The highest BCUT2D eigenvalue weighted by Crippen LogP contribution is 2.36. The van der Waals surface area contributed by atoms with Crippen LogP contribution in [0.2, 0.25) is 0 Å². The van der Waals surface area contributed by atoms with Crippen LogP contribution in [0, 0.1) is 0 Å². The Morgan fingerprint density at radius 3 is 2.59 bits per heavy atom. The molecule has 1 aliphatic rings. The van der Waals surface area contributed by atoms with Crippen molar-refractivity contribution in [2.75, 3.05) is 32.1 Å². The lowest BCUT2D eigenvalue weighted by Crippen LogP contribution is -2.38. The minimum Gasteiger partial charge on any atom is -0.496 e. The summed E-state index contributed by atoms with van der Waals surface area (Å²) >= 11 is 1.64. The summed E-state index contributed by atoms with van der Waals surface area (Å²) in [5.41, 5.74) is 1.82. The van der Waals surface area contributed by atoms with Gasteiger partial charge in [-0.15, -0.1) is 10.2 Å². The lowest BCUT2D eigenvalue weighted by Gasteiger charge is -2.30. The topological polar surface area (TPSA) is 67.4 Å². The predicted molar refractivity (Wildman–Crippen MR) is 115 cm³/mol. The summed E-state index contributed by atoms with van der Waals surface area (Å²) in [5.74, 6) is 1.24. The number of hydrogen-bond acceptors (Lipinski definition) is 6. The van der Waals surface area contributed by atoms with Crippen molar-refractivity contribution in [2.24, 2.45) is 0 Å². The Morgan fingerprint density at radius 1 is 1.10 bits per heavy atom. The molecule has 0 saturated carbocycles. The number of amides is 1. The first-order valence-electron chi connectivity index (χ1n) is 9.77. The number of carbonyl (C=O) groups excluding carboxylic acids is 1. The number of methoxy groups -OCH3 is 1.